The molecular weight excluding hydrogens is 228 g/mol. The summed E-state index contributed by atoms with van der Waals surface area (Å²) >= 11 is 8.04. The Balaban J connectivity index is 3.01. The van der Waals surface area contributed by atoms with Crippen molar-refractivity contribution < 1.29 is 4.42 Å². The number of rotatable bonds is 0. The van der Waals surface area contributed by atoms with Crippen molar-refractivity contribution in [2.45, 2.75) is 0 Å². The van der Waals surface area contributed by atoms with Crippen LogP contribution >= 0.6 is 28.1 Å². The molecule has 0 saturated carbocycles. The first kappa shape index (κ1) is 7.00. The Morgan fingerprint density at radius 1 is 1.64 bits per heavy atom. The molecule has 0 aliphatic heterocycles. The van der Waals surface area contributed by atoms with Gasteiger partial charge in [-0.1, -0.05) is 0 Å². The minimum absolute atomic E-state index is 0.369. The highest BCUT2D eigenvalue weighted by atomic mass is 79.9. The number of aromatic nitrogens is 2. The smallest absolute Gasteiger partial charge is 0.266 e. The average Bonchev–Trinajstić information content (AvgIpc) is 2.31. The molecule has 0 fully saturated rings. The Morgan fingerprint density at radius 2 is 2.45 bits per heavy atom. The summed E-state index contributed by atoms with van der Waals surface area (Å²) in [5.41, 5.74) is 1.52. The number of oxazole rings is 1. The molecule has 0 saturated heterocycles. The molecule has 5 heteroatoms. The van der Waals surface area contributed by atoms with Crippen molar-refractivity contribution in [1.29, 1.82) is 0 Å². The summed E-state index contributed by atoms with van der Waals surface area (Å²) in [7, 11) is 0. The Hall–Kier alpha value is -0.680. The third-order valence-corrected chi connectivity index (χ3v) is 2.04. The molecule has 0 unspecified atom stereocenters. The van der Waals surface area contributed by atoms with Crippen molar-refractivity contribution in [1.82, 2.24) is 9.97 Å². The summed E-state index contributed by atoms with van der Waals surface area (Å²) in [6.45, 7) is 0. The molecule has 2 rings (SSSR count). The number of pyridine rings is 1. The van der Waals surface area contributed by atoms with E-state index in [1.165, 1.54) is 0 Å². The van der Waals surface area contributed by atoms with Crippen LogP contribution in [0.15, 0.2) is 21.3 Å². The van der Waals surface area contributed by atoms with Crippen LogP contribution in [0.1, 0.15) is 0 Å². The molecule has 1 N–H and O–H groups in total. The molecule has 0 bridgehead atoms. The van der Waals surface area contributed by atoms with Crippen molar-refractivity contribution in [2.75, 3.05) is 0 Å². The summed E-state index contributed by atoms with van der Waals surface area (Å²) in [6.07, 6.45) is 1.67. The Kier molecular flexibility index (Phi) is 1.54. The topological polar surface area (TPSA) is 41.8 Å². The average molecular weight is 231 g/mol. The van der Waals surface area contributed by atoms with Crippen molar-refractivity contribution in [3.05, 3.63) is 21.7 Å². The molecule has 2 aromatic heterocycles. The third-order valence-electron chi connectivity index (χ3n) is 1.29. The van der Waals surface area contributed by atoms with Gasteiger partial charge in [0.2, 0.25) is 0 Å². The van der Waals surface area contributed by atoms with Gasteiger partial charge in [0.1, 0.15) is 0 Å². The van der Waals surface area contributed by atoms with Gasteiger partial charge >= 0.3 is 0 Å². The van der Waals surface area contributed by atoms with Gasteiger partial charge in [-0.2, -0.15) is 0 Å². The van der Waals surface area contributed by atoms with Crippen molar-refractivity contribution in [3.8, 4) is 0 Å². The van der Waals surface area contributed by atoms with Gasteiger partial charge in [0.05, 0.1) is 5.52 Å². The van der Waals surface area contributed by atoms with Crippen LogP contribution in [0.4, 0.5) is 0 Å². The van der Waals surface area contributed by atoms with Crippen LogP contribution in [0.5, 0.6) is 0 Å². The van der Waals surface area contributed by atoms with Gasteiger partial charge in [0.15, 0.2) is 10.2 Å². The second kappa shape index (κ2) is 2.42. The number of nitrogens with zero attached hydrogens (tertiary/aromatic N) is 1. The second-order valence-electron chi connectivity index (χ2n) is 1.99. The number of hydrogen-bond donors (Lipinski definition) is 1. The van der Waals surface area contributed by atoms with E-state index in [9.17, 15) is 0 Å². The maximum absolute atomic E-state index is 5.15. The van der Waals surface area contributed by atoms with Crippen LogP contribution in [0.3, 0.4) is 0 Å². The van der Waals surface area contributed by atoms with E-state index < -0.39 is 0 Å². The zero-order valence-corrected chi connectivity index (χ0v) is 7.70. The highest BCUT2D eigenvalue weighted by molar-refractivity contribution is 9.10. The lowest BCUT2D eigenvalue weighted by molar-refractivity contribution is 0.580. The molecule has 2 aromatic rings. The van der Waals surface area contributed by atoms with Gasteiger partial charge in [0.25, 0.3) is 4.84 Å². The lowest BCUT2D eigenvalue weighted by atomic mass is 10.4. The van der Waals surface area contributed by atoms with Crippen LogP contribution in [0, 0.1) is 4.84 Å². The first-order valence-electron chi connectivity index (χ1n) is 2.91. The number of hydrogen-bond acceptors (Lipinski definition) is 3. The van der Waals surface area contributed by atoms with E-state index in [4.69, 9.17) is 16.6 Å². The quantitative estimate of drug-likeness (QED) is 0.559. The van der Waals surface area contributed by atoms with Crippen LogP contribution in [-0.2, 0) is 0 Å². The zero-order chi connectivity index (χ0) is 7.84. The summed E-state index contributed by atoms with van der Waals surface area (Å²) in [6, 6.07) is 1.80. The van der Waals surface area contributed by atoms with E-state index in [0.717, 1.165) is 5.52 Å². The Labute approximate surface area is 75.6 Å². The SMILES string of the molecule is S=c1[nH]c2ccnc(Br)c2o1. The fourth-order valence-corrected chi connectivity index (χ4v) is 1.45. The predicted octanol–water partition coefficient (Wildman–Crippen LogP) is 2.65. The monoisotopic (exact) mass is 230 g/mol. The number of nitrogens with one attached hydrogen (secondary N) is 1. The maximum atomic E-state index is 5.15. The number of halogens is 1. The normalized spacial score (nSPS) is 10.6. The highest BCUT2D eigenvalue weighted by Gasteiger charge is 2.02. The van der Waals surface area contributed by atoms with Gasteiger partial charge in [-0.25, -0.2) is 4.98 Å². The van der Waals surface area contributed by atoms with E-state index in [-0.39, 0.29) is 0 Å². The molecule has 0 aromatic carbocycles. The summed E-state index contributed by atoms with van der Waals surface area (Å²) in [4.78, 5) is 7.22. The van der Waals surface area contributed by atoms with Gasteiger partial charge in [-0.05, 0) is 34.2 Å². The summed E-state index contributed by atoms with van der Waals surface area (Å²) in [5, 5.41) is 0. The molecule has 3 nitrogen and oxygen atoms in total. The van der Waals surface area contributed by atoms with E-state index in [0.29, 0.717) is 15.0 Å². The molecule has 0 amide bonds. The first-order valence-corrected chi connectivity index (χ1v) is 4.11. The van der Waals surface area contributed by atoms with Crippen LogP contribution in [-0.4, -0.2) is 9.97 Å². The molecule has 56 valence electrons. The summed E-state index contributed by atoms with van der Waals surface area (Å²) in [5.74, 6) is 0. The van der Waals surface area contributed by atoms with Gasteiger partial charge in [-0.15, -0.1) is 0 Å². The lowest BCUT2D eigenvalue weighted by Crippen LogP contribution is -1.73. The minimum atomic E-state index is 0.369. The fourth-order valence-electron chi connectivity index (χ4n) is 0.846. The van der Waals surface area contributed by atoms with Crippen LogP contribution in [0.25, 0.3) is 11.1 Å². The molecule has 0 radical (unpaired) electrons. The summed E-state index contributed by atoms with van der Waals surface area (Å²) < 4.78 is 5.82. The van der Waals surface area contributed by atoms with Crippen LogP contribution < -0.4 is 0 Å². The minimum Gasteiger partial charge on any atom is -0.427 e. The van der Waals surface area contributed by atoms with Crippen molar-refractivity contribution >= 4 is 39.2 Å². The highest BCUT2D eigenvalue weighted by Crippen LogP contribution is 2.20. The number of aromatic amines is 1. The fraction of sp³-hybridized carbons (Fsp3) is 0. The maximum Gasteiger partial charge on any atom is 0.266 e. The van der Waals surface area contributed by atoms with E-state index in [2.05, 4.69) is 25.9 Å². The van der Waals surface area contributed by atoms with Crippen LogP contribution in [0.2, 0.25) is 0 Å². The molecule has 0 spiro atoms. The lowest BCUT2D eigenvalue weighted by Gasteiger charge is -1.86. The number of fused-ring (bicyclic) bond motifs is 1. The third kappa shape index (κ3) is 1.10. The van der Waals surface area contributed by atoms with Gasteiger partial charge in [-0.3, -0.25) is 0 Å². The van der Waals surface area contributed by atoms with Gasteiger partial charge in [0, 0.05) is 6.20 Å². The second-order valence-corrected chi connectivity index (χ2v) is 3.11. The largest absolute Gasteiger partial charge is 0.427 e. The standard InChI is InChI=1S/C6H3BrN2OS/c7-5-4-3(1-2-8-5)9-6(11)10-4/h1-2H,(H,9,11). The van der Waals surface area contributed by atoms with E-state index in [1.807, 2.05) is 0 Å². The van der Waals surface area contributed by atoms with Crippen molar-refractivity contribution in [2.24, 2.45) is 0 Å². The molecule has 0 aliphatic rings. The molecule has 11 heavy (non-hydrogen) atoms. The molecule has 0 aliphatic carbocycles. The first-order chi connectivity index (χ1) is 5.27. The molecule has 2 heterocycles. The van der Waals surface area contributed by atoms with Crippen molar-refractivity contribution in [3.63, 3.8) is 0 Å². The van der Waals surface area contributed by atoms with Gasteiger partial charge < -0.3 is 9.40 Å². The Bertz CT molecular complexity index is 447. The Morgan fingerprint density at radius 3 is 3.18 bits per heavy atom. The van der Waals surface area contributed by atoms with E-state index in [1.54, 1.807) is 12.3 Å². The molecular formula is C6H3BrN2OS. The predicted molar refractivity (Wildman–Crippen MR) is 46.9 cm³/mol. The zero-order valence-electron chi connectivity index (χ0n) is 5.30. The molecule has 0 atom stereocenters. The number of H-pyrrole nitrogens is 1. The van der Waals surface area contributed by atoms with E-state index >= 15 is 0 Å².